The van der Waals surface area contributed by atoms with Gasteiger partial charge >= 0.3 is 0 Å². The zero-order valence-electron chi connectivity index (χ0n) is 15.2. The molecule has 2 aromatic rings. The monoisotopic (exact) mass is 355 g/mol. The van der Waals surface area contributed by atoms with Crippen LogP contribution in [0.15, 0.2) is 48.5 Å². The van der Waals surface area contributed by atoms with E-state index >= 15 is 0 Å². The molecule has 0 radical (unpaired) electrons. The quantitative estimate of drug-likeness (QED) is 0.861. The number of nitrogens with zero attached hydrogens (tertiary/aromatic N) is 2. The molecule has 138 valence electrons. The maximum Gasteiger partial charge on any atom is 0.224 e. The van der Waals surface area contributed by atoms with Gasteiger partial charge in [-0.1, -0.05) is 31.2 Å². The first-order chi connectivity index (χ1) is 12.7. The summed E-state index contributed by atoms with van der Waals surface area (Å²) < 4.78 is 13.0. The normalized spacial score (nSPS) is 15.1. The Morgan fingerprint density at radius 1 is 1.04 bits per heavy atom. The van der Waals surface area contributed by atoms with Crippen molar-refractivity contribution in [3.05, 3.63) is 59.9 Å². The topological polar surface area (TPSA) is 35.6 Å². The number of hydrogen-bond acceptors (Lipinski definition) is 3. The highest BCUT2D eigenvalue weighted by Crippen LogP contribution is 2.26. The minimum atomic E-state index is -0.254. The van der Waals surface area contributed by atoms with Gasteiger partial charge < -0.3 is 15.1 Å². The first-order valence-electron chi connectivity index (χ1n) is 9.26. The summed E-state index contributed by atoms with van der Waals surface area (Å²) in [6.45, 7) is 7.29. The molecule has 3 rings (SSSR count). The van der Waals surface area contributed by atoms with Crippen LogP contribution in [0.4, 0.5) is 15.8 Å². The fourth-order valence-corrected chi connectivity index (χ4v) is 3.28. The highest BCUT2D eigenvalue weighted by Gasteiger charge is 2.18. The Kier molecular flexibility index (Phi) is 6.23. The van der Waals surface area contributed by atoms with Crippen LogP contribution in [0.25, 0.3) is 0 Å². The van der Waals surface area contributed by atoms with Gasteiger partial charge in [0.05, 0.1) is 11.4 Å². The minimum Gasteiger partial charge on any atom is -0.367 e. The second kappa shape index (κ2) is 8.81. The van der Waals surface area contributed by atoms with Crippen LogP contribution in [0.3, 0.4) is 0 Å². The molecule has 0 unspecified atom stereocenters. The molecule has 1 N–H and O–H groups in total. The van der Waals surface area contributed by atoms with Crippen molar-refractivity contribution in [3.8, 4) is 0 Å². The summed E-state index contributed by atoms with van der Waals surface area (Å²) in [5, 5.41) is 3.05. The molecule has 1 fully saturated rings. The molecule has 1 saturated heterocycles. The van der Waals surface area contributed by atoms with Crippen LogP contribution in [-0.4, -0.2) is 43.5 Å². The first kappa shape index (κ1) is 18.4. The Morgan fingerprint density at radius 3 is 2.42 bits per heavy atom. The van der Waals surface area contributed by atoms with Crippen molar-refractivity contribution in [3.63, 3.8) is 0 Å². The van der Waals surface area contributed by atoms with Crippen molar-refractivity contribution in [2.75, 3.05) is 42.9 Å². The number of carbonyl (C=O) groups excluding carboxylic acids is 1. The Labute approximate surface area is 154 Å². The van der Waals surface area contributed by atoms with Crippen LogP contribution < -0.4 is 10.2 Å². The third-order valence-electron chi connectivity index (χ3n) is 4.89. The zero-order valence-corrected chi connectivity index (χ0v) is 15.2. The molecule has 0 spiro atoms. The Hall–Kier alpha value is -2.40. The van der Waals surface area contributed by atoms with E-state index in [1.54, 1.807) is 12.1 Å². The van der Waals surface area contributed by atoms with E-state index in [0.717, 1.165) is 49.7 Å². The Bertz CT molecular complexity index is 724. The van der Waals surface area contributed by atoms with E-state index < -0.39 is 0 Å². The number of likely N-dealkylation sites (N-methyl/N-ethyl adjacent to an activating group) is 1. The summed E-state index contributed by atoms with van der Waals surface area (Å²) in [5.41, 5.74) is 2.91. The zero-order chi connectivity index (χ0) is 18.4. The summed E-state index contributed by atoms with van der Waals surface area (Å²) in [4.78, 5) is 17.1. The smallest absolute Gasteiger partial charge is 0.224 e. The van der Waals surface area contributed by atoms with Crippen molar-refractivity contribution in [1.82, 2.24) is 4.90 Å². The molecule has 0 aromatic heterocycles. The number of nitrogens with one attached hydrogen (secondary N) is 1. The standard InChI is InChI=1S/C21H26FN3O/c1-2-24-13-15-25(16-14-24)20-6-4-3-5-19(20)23-21(26)12-9-17-7-10-18(22)11-8-17/h3-8,10-11H,2,9,12-16H2,1H3,(H,23,26). The fraction of sp³-hybridized carbons (Fsp3) is 0.381. The van der Waals surface area contributed by atoms with Crippen LogP contribution >= 0.6 is 0 Å². The van der Waals surface area contributed by atoms with Gasteiger partial charge in [-0.25, -0.2) is 4.39 Å². The second-order valence-corrected chi connectivity index (χ2v) is 6.61. The SMILES string of the molecule is CCN1CCN(c2ccccc2NC(=O)CCc2ccc(F)cc2)CC1. The van der Waals surface area contributed by atoms with Gasteiger partial charge in [0, 0.05) is 32.6 Å². The van der Waals surface area contributed by atoms with Crippen molar-refractivity contribution >= 4 is 17.3 Å². The van der Waals surface area contributed by atoms with E-state index in [9.17, 15) is 9.18 Å². The van der Waals surface area contributed by atoms with E-state index in [2.05, 4.69) is 28.1 Å². The highest BCUT2D eigenvalue weighted by molar-refractivity contribution is 5.94. The maximum absolute atomic E-state index is 13.0. The number of anilines is 2. The number of amides is 1. The fourth-order valence-electron chi connectivity index (χ4n) is 3.28. The van der Waals surface area contributed by atoms with E-state index in [4.69, 9.17) is 0 Å². The van der Waals surface area contributed by atoms with Crippen LogP contribution in [0.2, 0.25) is 0 Å². The lowest BCUT2D eigenvalue weighted by molar-refractivity contribution is -0.116. The summed E-state index contributed by atoms with van der Waals surface area (Å²) in [7, 11) is 0. The van der Waals surface area contributed by atoms with E-state index in [0.29, 0.717) is 12.8 Å². The molecule has 1 aliphatic heterocycles. The lowest BCUT2D eigenvalue weighted by atomic mass is 10.1. The highest BCUT2D eigenvalue weighted by atomic mass is 19.1. The Morgan fingerprint density at radius 2 is 1.73 bits per heavy atom. The van der Waals surface area contributed by atoms with Crippen molar-refractivity contribution in [2.24, 2.45) is 0 Å². The van der Waals surface area contributed by atoms with E-state index in [-0.39, 0.29) is 11.7 Å². The predicted octanol–water partition coefficient (Wildman–Crippen LogP) is 3.54. The number of aryl methyl sites for hydroxylation is 1. The number of rotatable bonds is 6. The largest absolute Gasteiger partial charge is 0.367 e. The number of carbonyl (C=O) groups is 1. The van der Waals surface area contributed by atoms with Gasteiger partial charge in [0.2, 0.25) is 5.91 Å². The molecular formula is C21H26FN3O. The third kappa shape index (κ3) is 4.82. The van der Waals surface area contributed by atoms with Gasteiger partial charge in [-0.15, -0.1) is 0 Å². The third-order valence-corrected chi connectivity index (χ3v) is 4.89. The maximum atomic E-state index is 13.0. The number of benzene rings is 2. The average Bonchev–Trinajstić information content (AvgIpc) is 2.68. The average molecular weight is 355 g/mol. The minimum absolute atomic E-state index is 0.0195. The van der Waals surface area contributed by atoms with E-state index in [1.807, 2.05) is 18.2 Å². The van der Waals surface area contributed by atoms with Crippen molar-refractivity contribution < 1.29 is 9.18 Å². The van der Waals surface area contributed by atoms with E-state index in [1.165, 1.54) is 12.1 Å². The second-order valence-electron chi connectivity index (χ2n) is 6.61. The molecule has 1 aliphatic rings. The number of hydrogen-bond donors (Lipinski definition) is 1. The van der Waals surface area contributed by atoms with Crippen LogP contribution in [-0.2, 0) is 11.2 Å². The van der Waals surface area contributed by atoms with Crippen LogP contribution in [0, 0.1) is 5.82 Å². The van der Waals surface area contributed by atoms with Gasteiger partial charge in [-0.2, -0.15) is 0 Å². The molecule has 4 nitrogen and oxygen atoms in total. The van der Waals surface area contributed by atoms with Crippen molar-refractivity contribution in [1.29, 1.82) is 0 Å². The molecule has 26 heavy (non-hydrogen) atoms. The molecule has 1 amide bonds. The molecule has 0 aliphatic carbocycles. The van der Waals surface area contributed by atoms with Gasteiger partial charge in [0.1, 0.15) is 5.82 Å². The van der Waals surface area contributed by atoms with Crippen LogP contribution in [0.5, 0.6) is 0 Å². The molecule has 1 heterocycles. The first-order valence-corrected chi connectivity index (χ1v) is 9.26. The summed E-state index contributed by atoms with van der Waals surface area (Å²) in [5.74, 6) is -0.274. The number of halogens is 1. The molecule has 0 bridgehead atoms. The molecule has 0 atom stereocenters. The summed E-state index contributed by atoms with van der Waals surface area (Å²) >= 11 is 0. The lowest BCUT2D eigenvalue weighted by Crippen LogP contribution is -2.46. The Balaban J connectivity index is 1.59. The predicted molar refractivity (Wildman–Crippen MR) is 104 cm³/mol. The molecular weight excluding hydrogens is 329 g/mol. The number of para-hydroxylation sites is 2. The summed E-state index contributed by atoms with van der Waals surface area (Å²) in [6.07, 6.45) is 0.979. The molecule has 0 saturated carbocycles. The van der Waals surface area contributed by atoms with Gasteiger partial charge in [-0.05, 0) is 42.8 Å². The van der Waals surface area contributed by atoms with Crippen molar-refractivity contribution in [2.45, 2.75) is 19.8 Å². The van der Waals surface area contributed by atoms with Gasteiger partial charge in [0.15, 0.2) is 0 Å². The lowest BCUT2D eigenvalue weighted by Gasteiger charge is -2.36. The van der Waals surface area contributed by atoms with Gasteiger partial charge in [0.25, 0.3) is 0 Å². The molecule has 2 aromatic carbocycles. The number of piperazine rings is 1. The van der Waals surface area contributed by atoms with Gasteiger partial charge in [-0.3, -0.25) is 4.79 Å². The summed E-state index contributed by atoms with van der Waals surface area (Å²) in [6, 6.07) is 14.3. The van der Waals surface area contributed by atoms with Crippen LogP contribution in [0.1, 0.15) is 18.9 Å². The molecule has 5 heteroatoms.